The Morgan fingerprint density at radius 2 is 2.04 bits per heavy atom. The molecule has 2 aromatic heterocycles. The second kappa shape index (κ2) is 7.23. The van der Waals surface area contributed by atoms with Crippen molar-refractivity contribution < 1.29 is 9.21 Å². The van der Waals surface area contributed by atoms with Gasteiger partial charge in [-0.05, 0) is 25.0 Å². The monoisotopic (exact) mass is 363 g/mol. The number of oxazole rings is 1. The molecule has 0 spiro atoms. The Bertz CT molecular complexity index is 1020. The zero-order chi connectivity index (χ0) is 18.8. The van der Waals surface area contributed by atoms with Crippen LogP contribution in [-0.2, 0) is 25.8 Å². The van der Waals surface area contributed by atoms with Crippen LogP contribution in [0.5, 0.6) is 0 Å². The first kappa shape index (κ1) is 17.3. The number of amides is 1. The molecule has 0 atom stereocenters. The van der Waals surface area contributed by atoms with E-state index in [-0.39, 0.29) is 11.5 Å². The number of carbonyl (C=O) groups excluding carboxylic acids is 1. The first-order valence-corrected chi connectivity index (χ1v) is 9.10. The van der Waals surface area contributed by atoms with Crippen molar-refractivity contribution in [3.05, 3.63) is 87.0 Å². The maximum atomic E-state index is 12.7. The lowest BCUT2D eigenvalue weighted by Crippen LogP contribution is -2.36. The lowest BCUT2D eigenvalue weighted by Gasteiger charge is -2.25. The highest BCUT2D eigenvalue weighted by atomic mass is 16.4. The Hall–Kier alpha value is -3.15. The molecule has 0 aliphatic carbocycles. The van der Waals surface area contributed by atoms with E-state index in [2.05, 4.69) is 22.1 Å². The summed E-state index contributed by atoms with van der Waals surface area (Å²) < 4.78 is 5.90. The Labute approximate surface area is 156 Å². The molecular formula is C21H21N3O3. The molecule has 1 aliphatic rings. The lowest BCUT2D eigenvalue weighted by atomic mass is 10.1. The minimum absolute atomic E-state index is 0.149. The van der Waals surface area contributed by atoms with E-state index in [0.29, 0.717) is 36.7 Å². The highest BCUT2D eigenvalue weighted by Crippen LogP contribution is 2.22. The number of aromatic amines is 1. The fourth-order valence-corrected chi connectivity index (χ4v) is 3.42. The Morgan fingerprint density at radius 1 is 1.22 bits per heavy atom. The van der Waals surface area contributed by atoms with E-state index in [0.717, 1.165) is 24.3 Å². The van der Waals surface area contributed by atoms with E-state index in [1.54, 1.807) is 17.9 Å². The van der Waals surface area contributed by atoms with E-state index in [1.807, 2.05) is 18.2 Å². The van der Waals surface area contributed by atoms with Gasteiger partial charge in [0.2, 0.25) is 5.56 Å². The van der Waals surface area contributed by atoms with Gasteiger partial charge in [0.15, 0.2) is 5.89 Å². The normalized spacial score (nSPS) is 13.4. The van der Waals surface area contributed by atoms with Crippen LogP contribution in [0.1, 0.15) is 39.0 Å². The van der Waals surface area contributed by atoms with Gasteiger partial charge in [-0.2, -0.15) is 0 Å². The number of benzene rings is 1. The van der Waals surface area contributed by atoms with Crippen molar-refractivity contribution in [2.75, 3.05) is 6.54 Å². The van der Waals surface area contributed by atoms with E-state index >= 15 is 0 Å². The standard InChI is InChI=1S/C21H21N3O3/c1-14-11-16(12-19(25)22-14)21(26)24-10-9-18-17(13-24)23-20(27-18)8-7-15-5-3-2-4-6-15/h2-6,11-12H,7-10,13H2,1H3,(H,22,25). The minimum Gasteiger partial charge on any atom is -0.445 e. The van der Waals surface area contributed by atoms with Gasteiger partial charge in [0, 0.05) is 36.7 Å². The Kier molecular flexibility index (Phi) is 4.62. The SMILES string of the molecule is Cc1cc(C(=O)N2CCc3oc(CCc4ccccc4)nc3C2)cc(=O)[nH]1. The zero-order valence-electron chi connectivity index (χ0n) is 15.2. The summed E-state index contributed by atoms with van der Waals surface area (Å²) in [6, 6.07) is 13.3. The van der Waals surface area contributed by atoms with Crippen LogP contribution in [0, 0.1) is 6.92 Å². The van der Waals surface area contributed by atoms with Crippen LogP contribution in [0.4, 0.5) is 0 Å². The predicted molar refractivity (Wildman–Crippen MR) is 101 cm³/mol. The summed E-state index contributed by atoms with van der Waals surface area (Å²) >= 11 is 0. The van der Waals surface area contributed by atoms with Crippen LogP contribution in [0.15, 0.2) is 51.7 Å². The summed E-state index contributed by atoms with van der Waals surface area (Å²) in [6.45, 7) is 2.74. The molecule has 3 aromatic rings. The molecule has 3 heterocycles. The van der Waals surface area contributed by atoms with Crippen LogP contribution in [0.3, 0.4) is 0 Å². The fourth-order valence-electron chi connectivity index (χ4n) is 3.42. The molecule has 0 saturated carbocycles. The quantitative estimate of drug-likeness (QED) is 0.773. The van der Waals surface area contributed by atoms with Crippen molar-refractivity contribution in [1.29, 1.82) is 0 Å². The topological polar surface area (TPSA) is 79.2 Å². The average molecular weight is 363 g/mol. The van der Waals surface area contributed by atoms with Gasteiger partial charge in [0.05, 0.1) is 6.54 Å². The van der Waals surface area contributed by atoms with Crippen molar-refractivity contribution in [2.45, 2.75) is 32.7 Å². The van der Waals surface area contributed by atoms with Gasteiger partial charge in [-0.25, -0.2) is 4.98 Å². The van der Waals surface area contributed by atoms with Crippen molar-refractivity contribution in [3.63, 3.8) is 0 Å². The predicted octanol–water partition coefficient (Wildman–Crippen LogP) is 2.66. The average Bonchev–Trinajstić information content (AvgIpc) is 3.08. The third kappa shape index (κ3) is 3.84. The molecule has 1 aromatic carbocycles. The lowest BCUT2D eigenvalue weighted by molar-refractivity contribution is 0.0727. The smallest absolute Gasteiger partial charge is 0.254 e. The number of fused-ring (bicyclic) bond motifs is 1. The number of hydrogen-bond donors (Lipinski definition) is 1. The van der Waals surface area contributed by atoms with E-state index in [1.165, 1.54) is 11.6 Å². The van der Waals surface area contributed by atoms with Crippen LogP contribution in [-0.4, -0.2) is 27.3 Å². The van der Waals surface area contributed by atoms with Crippen LogP contribution < -0.4 is 5.56 Å². The number of carbonyl (C=O) groups is 1. The molecule has 0 unspecified atom stereocenters. The van der Waals surface area contributed by atoms with Gasteiger partial charge in [0.25, 0.3) is 5.91 Å². The maximum absolute atomic E-state index is 12.7. The molecule has 6 nitrogen and oxygen atoms in total. The van der Waals surface area contributed by atoms with Crippen LogP contribution in [0.25, 0.3) is 0 Å². The highest BCUT2D eigenvalue weighted by Gasteiger charge is 2.26. The Balaban J connectivity index is 1.46. The Morgan fingerprint density at radius 3 is 2.81 bits per heavy atom. The van der Waals surface area contributed by atoms with Gasteiger partial charge in [-0.15, -0.1) is 0 Å². The molecule has 1 aliphatic heterocycles. The molecule has 1 amide bonds. The van der Waals surface area contributed by atoms with E-state index < -0.39 is 0 Å². The molecule has 0 fully saturated rings. The van der Waals surface area contributed by atoms with Gasteiger partial charge < -0.3 is 14.3 Å². The van der Waals surface area contributed by atoms with Gasteiger partial charge >= 0.3 is 0 Å². The third-order valence-electron chi connectivity index (χ3n) is 4.76. The summed E-state index contributed by atoms with van der Waals surface area (Å²) in [5.74, 6) is 1.43. The van der Waals surface area contributed by atoms with Gasteiger partial charge in [-0.1, -0.05) is 30.3 Å². The number of nitrogens with one attached hydrogen (secondary N) is 1. The summed E-state index contributed by atoms with van der Waals surface area (Å²) in [6.07, 6.45) is 2.24. The summed E-state index contributed by atoms with van der Waals surface area (Å²) in [5.41, 5.74) is 2.88. The fraction of sp³-hybridized carbons (Fsp3) is 0.286. The second-order valence-electron chi connectivity index (χ2n) is 6.86. The molecule has 6 heteroatoms. The van der Waals surface area contributed by atoms with E-state index in [4.69, 9.17) is 4.42 Å². The summed E-state index contributed by atoms with van der Waals surface area (Å²) in [4.78, 5) is 33.4. The van der Waals surface area contributed by atoms with Gasteiger partial charge in [-0.3, -0.25) is 9.59 Å². The molecule has 138 valence electrons. The minimum atomic E-state index is -0.263. The largest absolute Gasteiger partial charge is 0.445 e. The molecule has 27 heavy (non-hydrogen) atoms. The maximum Gasteiger partial charge on any atom is 0.254 e. The number of nitrogens with zero attached hydrogens (tertiary/aromatic N) is 2. The number of rotatable bonds is 4. The zero-order valence-corrected chi connectivity index (χ0v) is 15.2. The molecule has 0 bridgehead atoms. The molecule has 1 N–H and O–H groups in total. The summed E-state index contributed by atoms with van der Waals surface area (Å²) in [5, 5.41) is 0. The molecule has 4 rings (SSSR count). The first-order valence-electron chi connectivity index (χ1n) is 9.10. The molecular weight excluding hydrogens is 342 g/mol. The number of H-pyrrole nitrogens is 1. The van der Waals surface area contributed by atoms with E-state index in [9.17, 15) is 9.59 Å². The third-order valence-corrected chi connectivity index (χ3v) is 4.76. The molecule has 0 saturated heterocycles. The van der Waals surface area contributed by atoms with Crippen LogP contribution in [0.2, 0.25) is 0 Å². The highest BCUT2D eigenvalue weighted by molar-refractivity contribution is 5.94. The number of aryl methyl sites for hydroxylation is 3. The van der Waals surface area contributed by atoms with Gasteiger partial charge in [0.1, 0.15) is 11.5 Å². The number of hydrogen-bond acceptors (Lipinski definition) is 4. The number of aromatic nitrogens is 2. The molecule has 0 radical (unpaired) electrons. The summed E-state index contributed by atoms with van der Waals surface area (Å²) in [7, 11) is 0. The van der Waals surface area contributed by atoms with Crippen LogP contribution >= 0.6 is 0 Å². The first-order chi connectivity index (χ1) is 13.1. The number of pyridine rings is 1. The second-order valence-corrected chi connectivity index (χ2v) is 6.86. The van der Waals surface area contributed by atoms with Crippen molar-refractivity contribution in [1.82, 2.24) is 14.9 Å². The van der Waals surface area contributed by atoms with Crippen molar-refractivity contribution in [2.24, 2.45) is 0 Å². The van der Waals surface area contributed by atoms with Crippen molar-refractivity contribution in [3.8, 4) is 0 Å². The van der Waals surface area contributed by atoms with Crippen molar-refractivity contribution >= 4 is 5.91 Å².